The van der Waals surface area contributed by atoms with Crippen LogP contribution >= 0.6 is 15.9 Å². The van der Waals surface area contributed by atoms with Crippen LogP contribution in [0.3, 0.4) is 0 Å². The minimum atomic E-state index is 0.0119. The summed E-state index contributed by atoms with van der Waals surface area (Å²) in [5.74, 6) is 0.138. The Kier molecular flexibility index (Phi) is 3.72. The summed E-state index contributed by atoms with van der Waals surface area (Å²) >= 11 is 3.55. The molecule has 2 aromatic rings. The molecule has 1 unspecified atom stereocenters. The molecule has 1 aliphatic heterocycles. The number of benzene rings is 2. The molecule has 0 aliphatic carbocycles. The van der Waals surface area contributed by atoms with Crippen molar-refractivity contribution in [2.24, 2.45) is 0 Å². The largest absolute Gasteiger partial charge is 0.377 e. The number of rotatable bonds is 2. The van der Waals surface area contributed by atoms with Crippen LogP contribution in [0.1, 0.15) is 23.6 Å². The smallest absolute Gasteiger partial charge is 0.229 e. The fraction of sp³-hybridized carbons (Fsp3) is 0.235. The normalized spacial score (nSPS) is 17.6. The molecular weight excluding hydrogens is 328 g/mol. The van der Waals surface area contributed by atoms with Gasteiger partial charge in [-0.05, 0) is 36.2 Å². The molecule has 1 atom stereocenters. The first-order valence-electron chi connectivity index (χ1n) is 6.95. The van der Waals surface area contributed by atoms with Crippen LogP contribution in [0.25, 0.3) is 0 Å². The highest BCUT2D eigenvalue weighted by atomic mass is 79.9. The van der Waals surface area contributed by atoms with Crippen LogP contribution in [0.4, 0.5) is 11.4 Å². The van der Waals surface area contributed by atoms with Crippen LogP contribution in [-0.4, -0.2) is 13.0 Å². The summed E-state index contributed by atoms with van der Waals surface area (Å²) in [5, 5.41) is 3.52. The fourth-order valence-electron chi connectivity index (χ4n) is 2.72. The Morgan fingerprint density at radius 3 is 2.76 bits per heavy atom. The van der Waals surface area contributed by atoms with E-state index >= 15 is 0 Å². The summed E-state index contributed by atoms with van der Waals surface area (Å²) in [6.07, 6.45) is 0.472. The van der Waals surface area contributed by atoms with E-state index in [1.165, 1.54) is 5.56 Å². The van der Waals surface area contributed by atoms with Gasteiger partial charge >= 0.3 is 0 Å². The molecule has 3 rings (SSSR count). The lowest BCUT2D eigenvalue weighted by atomic mass is 9.95. The standard InChI is InChI=1S/C17H17BrN2O/c1-11-13(18)7-5-8-14(11)19-15-10-17(21)20(2)16-9-4-3-6-12(15)16/h3-9,15,19H,10H2,1-2H3. The zero-order valence-electron chi connectivity index (χ0n) is 12.1. The molecule has 3 nitrogen and oxygen atoms in total. The van der Waals surface area contributed by atoms with E-state index in [2.05, 4.69) is 34.2 Å². The number of hydrogen-bond acceptors (Lipinski definition) is 2. The molecule has 0 bridgehead atoms. The minimum Gasteiger partial charge on any atom is -0.377 e. The van der Waals surface area contributed by atoms with Crippen molar-refractivity contribution in [2.75, 3.05) is 17.3 Å². The van der Waals surface area contributed by atoms with E-state index in [1.54, 1.807) is 4.90 Å². The van der Waals surface area contributed by atoms with Gasteiger partial charge < -0.3 is 10.2 Å². The summed E-state index contributed by atoms with van der Waals surface area (Å²) in [6.45, 7) is 2.06. The van der Waals surface area contributed by atoms with Crippen LogP contribution < -0.4 is 10.2 Å². The summed E-state index contributed by atoms with van der Waals surface area (Å²) in [4.78, 5) is 13.9. The number of nitrogens with zero attached hydrogens (tertiary/aromatic N) is 1. The third kappa shape index (κ3) is 2.56. The van der Waals surface area contributed by atoms with Gasteiger partial charge in [0.25, 0.3) is 0 Å². The van der Waals surface area contributed by atoms with Crippen molar-refractivity contribution in [1.29, 1.82) is 0 Å². The van der Waals surface area contributed by atoms with Gasteiger partial charge in [0, 0.05) is 22.9 Å². The van der Waals surface area contributed by atoms with E-state index in [-0.39, 0.29) is 11.9 Å². The predicted molar refractivity (Wildman–Crippen MR) is 89.7 cm³/mol. The molecule has 21 heavy (non-hydrogen) atoms. The molecular formula is C17H17BrN2O. The van der Waals surface area contributed by atoms with Crippen LogP contribution in [0.5, 0.6) is 0 Å². The molecule has 0 fully saturated rings. The van der Waals surface area contributed by atoms with Crippen molar-refractivity contribution in [2.45, 2.75) is 19.4 Å². The van der Waals surface area contributed by atoms with Gasteiger partial charge in [0.15, 0.2) is 0 Å². The molecule has 1 aliphatic rings. The monoisotopic (exact) mass is 344 g/mol. The Morgan fingerprint density at radius 2 is 1.95 bits per heavy atom. The quantitative estimate of drug-likeness (QED) is 0.881. The zero-order chi connectivity index (χ0) is 15.0. The molecule has 0 spiro atoms. The van der Waals surface area contributed by atoms with E-state index < -0.39 is 0 Å². The number of anilines is 2. The first-order chi connectivity index (χ1) is 10.1. The topological polar surface area (TPSA) is 32.3 Å². The zero-order valence-corrected chi connectivity index (χ0v) is 13.6. The summed E-state index contributed by atoms with van der Waals surface area (Å²) in [7, 11) is 1.84. The molecule has 2 aromatic carbocycles. The van der Waals surface area contributed by atoms with Crippen molar-refractivity contribution in [3.63, 3.8) is 0 Å². The van der Waals surface area contributed by atoms with E-state index in [1.807, 2.05) is 43.4 Å². The van der Waals surface area contributed by atoms with Gasteiger partial charge in [-0.15, -0.1) is 0 Å². The summed E-state index contributed by atoms with van der Waals surface area (Å²) in [6, 6.07) is 14.2. The summed E-state index contributed by atoms with van der Waals surface area (Å²) < 4.78 is 1.07. The van der Waals surface area contributed by atoms with Gasteiger partial charge in [-0.2, -0.15) is 0 Å². The number of carbonyl (C=O) groups is 1. The molecule has 0 saturated carbocycles. The maximum atomic E-state index is 12.2. The lowest BCUT2D eigenvalue weighted by Gasteiger charge is -2.33. The van der Waals surface area contributed by atoms with Crippen molar-refractivity contribution in [3.8, 4) is 0 Å². The third-order valence-corrected chi connectivity index (χ3v) is 4.88. The second-order valence-electron chi connectivity index (χ2n) is 5.33. The molecule has 1 N–H and O–H groups in total. The Hall–Kier alpha value is -1.81. The number of para-hydroxylation sites is 1. The van der Waals surface area contributed by atoms with E-state index in [0.29, 0.717) is 6.42 Å². The lowest BCUT2D eigenvalue weighted by Crippen LogP contribution is -2.35. The molecule has 108 valence electrons. The maximum Gasteiger partial charge on any atom is 0.229 e. The second kappa shape index (κ2) is 5.53. The number of nitrogens with one attached hydrogen (secondary N) is 1. The Balaban J connectivity index is 1.98. The second-order valence-corrected chi connectivity index (χ2v) is 6.18. The van der Waals surface area contributed by atoms with Crippen molar-refractivity contribution in [1.82, 2.24) is 0 Å². The Labute approximate surface area is 133 Å². The van der Waals surface area contributed by atoms with Crippen LogP contribution in [0.2, 0.25) is 0 Å². The molecule has 0 radical (unpaired) electrons. The lowest BCUT2D eigenvalue weighted by molar-refractivity contribution is -0.118. The number of amides is 1. The SMILES string of the molecule is Cc1c(Br)cccc1NC1CC(=O)N(C)c2ccccc21. The van der Waals surface area contributed by atoms with Gasteiger partial charge in [0.05, 0.1) is 12.5 Å². The van der Waals surface area contributed by atoms with E-state index in [4.69, 9.17) is 0 Å². The van der Waals surface area contributed by atoms with Gasteiger partial charge in [-0.1, -0.05) is 40.2 Å². The third-order valence-electron chi connectivity index (χ3n) is 4.02. The number of fused-ring (bicyclic) bond motifs is 1. The molecule has 1 amide bonds. The Morgan fingerprint density at radius 1 is 1.19 bits per heavy atom. The minimum absolute atomic E-state index is 0.0119. The fourth-order valence-corrected chi connectivity index (χ4v) is 3.09. The molecule has 4 heteroatoms. The van der Waals surface area contributed by atoms with E-state index in [0.717, 1.165) is 21.4 Å². The first kappa shape index (κ1) is 14.1. The molecule has 1 heterocycles. The van der Waals surface area contributed by atoms with Crippen LogP contribution in [0, 0.1) is 6.92 Å². The molecule has 0 saturated heterocycles. The summed E-state index contributed by atoms with van der Waals surface area (Å²) in [5.41, 5.74) is 4.36. The average molecular weight is 345 g/mol. The van der Waals surface area contributed by atoms with Gasteiger partial charge in [-0.25, -0.2) is 0 Å². The number of hydrogen-bond donors (Lipinski definition) is 1. The molecule has 0 aromatic heterocycles. The average Bonchev–Trinajstić information content (AvgIpc) is 2.49. The van der Waals surface area contributed by atoms with Crippen molar-refractivity contribution in [3.05, 3.63) is 58.1 Å². The van der Waals surface area contributed by atoms with Gasteiger partial charge in [0.2, 0.25) is 5.91 Å². The van der Waals surface area contributed by atoms with Crippen molar-refractivity contribution < 1.29 is 4.79 Å². The number of carbonyl (C=O) groups excluding carboxylic acids is 1. The van der Waals surface area contributed by atoms with Gasteiger partial charge in [-0.3, -0.25) is 4.79 Å². The predicted octanol–water partition coefficient (Wildman–Crippen LogP) is 4.28. The first-order valence-corrected chi connectivity index (χ1v) is 7.74. The van der Waals surface area contributed by atoms with Crippen molar-refractivity contribution >= 4 is 33.2 Å². The Bertz CT molecular complexity index is 699. The number of halogens is 1. The van der Waals surface area contributed by atoms with Gasteiger partial charge in [0.1, 0.15) is 0 Å². The maximum absolute atomic E-state index is 12.2. The van der Waals surface area contributed by atoms with Crippen LogP contribution in [0.15, 0.2) is 46.9 Å². The van der Waals surface area contributed by atoms with Crippen LogP contribution in [-0.2, 0) is 4.79 Å². The van der Waals surface area contributed by atoms with E-state index in [9.17, 15) is 4.79 Å². The highest BCUT2D eigenvalue weighted by Gasteiger charge is 2.28. The highest BCUT2D eigenvalue weighted by molar-refractivity contribution is 9.10. The highest BCUT2D eigenvalue weighted by Crippen LogP contribution is 2.36.